The molecule has 0 aliphatic carbocycles. The van der Waals surface area contributed by atoms with Crippen molar-refractivity contribution in [2.24, 2.45) is 5.11 Å². The van der Waals surface area contributed by atoms with E-state index in [4.69, 9.17) is 15.0 Å². The van der Waals surface area contributed by atoms with Crippen molar-refractivity contribution < 1.29 is 9.47 Å². The SMILES string of the molecule is N#CC(NCCCN=[N+]=[N-])c1ccc2c(c1)OCCCO2. The number of hydrogen-bond acceptors (Lipinski definition) is 5. The van der Waals surface area contributed by atoms with Crippen molar-refractivity contribution in [1.82, 2.24) is 5.32 Å². The van der Waals surface area contributed by atoms with Gasteiger partial charge in [-0.05, 0) is 36.2 Å². The standard InChI is InChI=1S/C14H17N5O2/c15-10-12(17-5-1-6-18-19-16)11-3-4-13-14(9-11)21-8-2-7-20-13/h3-4,9,12,17H,1-2,5-8H2. The van der Waals surface area contributed by atoms with E-state index in [1.807, 2.05) is 18.2 Å². The first-order chi connectivity index (χ1) is 10.3. The molecule has 110 valence electrons. The van der Waals surface area contributed by atoms with Gasteiger partial charge in [-0.15, -0.1) is 0 Å². The second kappa shape index (κ2) is 8.00. The molecule has 0 aromatic heterocycles. The minimum absolute atomic E-state index is 0.419. The fourth-order valence-corrected chi connectivity index (χ4v) is 2.04. The third-order valence-corrected chi connectivity index (χ3v) is 3.08. The van der Waals surface area contributed by atoms with E-state index in [0.29, 0.717) is 38.5 Å². The Labute approximate surface area is 123 Å². The topological polar surface area (TPSA) is 103 Å². The normalized spacial score (nSPS) is 14.4. The highest BCUT2D eigenvalue weighted by Crippen LogP contribution is 2.32. The average Bonchev–Trinajstić information content (AvgIpc) is 2.75. The molecule has 0 amide bonds. The van der Waals surface area contributed by atoms with Gasteiger partial charge in [-0.3, -0.25) is 5.32 Å². The summed E-state index contributed by atoms with van der Waals surface area (Å²) >= 11 is 0. The van der Waals surface area contributed by atoms with Gasteiger partial charge < -0.3 is 9.47 Å². The van der Waals surface area contributed by atoms with Crippen molar-refractivity contribution in [3.63, 3.8) is 0 Å². The second-order valence-electron chi connectivity index (χ2n) is 4.58. The van der Waals surface area contributed by atoms with Gasteiger partial charge in [-0.2, -0.15) is 5.26 Å². The summed E-state index contributed by atoms with van der Waals surface area (Å²) in [6, 6.07) is 7.34. The highest BCUT2D eigenvalue weighted by atomic mass is 16.5. The molecule has 1 atom stereocenters. The number of rotatable bonds is 6. The van der Waals surface area contributed by atoms with Crippen LogP contribution in [0.3, 0.4) is 0 Å². The van der Waals surface area contributed by atoms with Crippen LogP contribution in [0, 0.1) is 11.3 Å². The lowest BCUT2D eigenvalue weighted by Gasteiger charge is -2.14. The van der Waals surface area contributed by atoms with Crippen molar-refractivity contribution in [3.8, 4) is 17.6 Å². The van der Waals surface area contributed by atoms with Crippen LogP contribution >= 0.6 is 0 Å². The molecule has 1 aliphatic heterocycles. The monoisotopic (exact) mass is 287 g/mol. The summed E-state index contributed by atoms with van der Waals surface area (Å²) in [7, 11) is 0. The number of hydrogen-bond donors (Lipinski definition) is 1. The number of ether oxygens (including phenoxy) is 2. The highest BCUT2D eigenvalue weighted by Gasteiger charge is 2.15. The van der Waals surface area contributed by atoms with Crippen molar-refractivity contribution in [2.45, 2.75) is 18.9 Å². The maximum Gasteiger partial charge on any atom is 0.161 e. The predicted octanol–water partition coefficient (Wildman–Crippen LogP) is 2.70. The molecule has 1 aliphatic rings. The molecule has 1 aromatic rings. The molecule has 0 saturated carbocycles. The molecule has 1 unspecified atom stereocenters. The first-order valence-electron chi connectivity index (χ1n) is 6.88. The van der Waals surface area contributed by atoms with Crippen LogP contribution < -0.4 is 14.8 Å². The third-order valence-electron chi connectivity index (χ3n) is 3.08. The van der Waals surface area contributed by atoms with E-state index in [2.05, 4.69) is 21.4 Å². The molecule has 7 heteroatoms. The van der Waals surface area contributed by atoms with Gasteiger partial charge in [-0.1, -0.05) is 11.2 Å². The average molecular weight is 287 g/mol. The van der Waals surface area contributed by atoms with Crippen LogP contribution in [0.1, 0.15) is 24.4 Å². The number of fused-ring (bicyclic) bond motifs is 1. The van der Waals surface area contributed by atoms with Crippen LogP contribution in [-0.4, -0.2) is 26.3 Å². The minimum atomic E-state index is -0.423. The number of nitriles is 1. The highest BCUT2D eigenvalue weighted by molar-refractivity contribution is 5.45. The van der Waals surface area contributed by atoms with Crippen LogP contribution in [0.5, 0.6) is 11.5 Å². The van der Waals surface area contributed by atoms with Crippen LogP contribution in [0.4, 0.5) is 0 Å². The van der Waals surface area contributed by atoms with Gasteiger partial charge >= 0.3 is 0 Å². The van der Waals surface area contributed by atoms with Gasteiger partial charge in [0.2, 0.25) is 0 Å². The molecule has 1 N–H and O–H groups in total. The summed E-state index contributed by atoms with van der Waals surface area (Å²) in [6.45, 7) is 2.29. The van der Waals surface area contributed by atoms with Crippen LogP contribution in [-0.2, 0) is 0 Å². The summed E-state index contributed by atoms with van der Waals surface area (Å²) in [5.41, 5.74) is 9.03. The summed E-state index contributed by atoms with van der Waals surface area (Å²) in [5, 5.41) is 15.9. The molecule has 0 bridgehead atoms. The minimum Gasteiger partial charge on any atom is -0.490 e. The zero-order chi connectivity index (χ0) is 14.9. The van der Waals surface area contributed by atoms with Gasteiger partial charge in [0.1, 0.15) is 6.04 Å². The quantitative estimate of drug-likeness (QED) is 0.376. The van der Waals surface area contributed by atoms with Gasteiger partial charge in [-0.25, -0.2) is 0 Å². The molecule has 1 heterocycles. The molecule has 7 nitrogen and oxygen atoms in total. The van der Waals surface area contributed by atoms with Crippen LogP contribution in [0.15, 0.2) is 23.3 Å². The summed E-state index contributed by atoms with van der Waals surface area (Å²) in [4.78, 5) is 2.69. The Morgan fingerprint density at radius 3 is 2.95 bits per heavy atom. The van der Waals surface area contributed by atoms with E-state index in [1.54, 1.807) is 0 Å². The molecular formula is C14H17N5O2. The van der Waals surface area contributed by atoms with Crippen molar-refractivity contribution >= 4 is 0 Å². The van der Waals surface area contributed by atoms with Crippen molar-refractivity contribution in [3.05, 3.63) is 34.2 Å². The van der Waals surface area contributed by atoms with Gasteiger partial charge in [0.05, 0.1) is 19.3 Å². The van der Waals surface area contributed by atoms with E-state index >= 15 is 0 Å². The number of benzene rings is 1. The van der Waals surface area contributed by atoms with Crippen LogP contribution in [0.25, 0.3) is 10.4 Å². The lowest BCUT2D eigenvalue weighted by Crippen LogP contribution is -2.21. The van der Waals surface area contributed by atoms with Crippen LogP contribution in [0.2, 0.25) is 0 Å². The molecule has 0 saturated heterocycles. The molecule has 2 rings (SSSR count). The fourth-order valence-electron chi connectivity index (χ4n) is 2.04. The Kier molecular flexibility index (Phi) is 5.71. The summed E-state index contributed by atoms with van der Waals surface area (Å²) in [5.74, 6) is 1.40. The van der Waals surface area contributed by atoms with Gasteiger partial charge in [0, 0.05) is 17.9 Å². The maximum absolute atomic E-state index is 9.28. The van der Waals surface area contributed by atoms with E-state index in [1.165, 1.54) is 0 Å². The lowest BCUT2D eigenvalue weighted by atomic mass is 10.1. The van der Waals surface area contributed by atoms with E-state index in [9.17, 15) is 5.26 Å². The smallest absolute Gasteiger partial charge is 0.161 e. The number of nitrogens with zero attached hydrogens (tertiary/aromatic N) is 4. The first-order valence-corrected chi connectivity index (χ1v) is 6.88. The molecular weight excluding hydrogens is 270 g/mol. The molecule has 1 aromatic carbocycles. The lowest BCUT2D eigenvalue weighted by molar-refractivity contribution is 0.297. The zero-order valence-corrected chi connectivity index (χ0v) is 11.7. The largest absolute Gasteiger partial charge is 0.490 e. The summed E-state index contributed by atoms with van der Waals surface area (Å²) in [6.07, 6.45) is 1.54. The van der Waals surface area contributed by atoms with Gasteiger partial charge in [0.15, 0.2) is 11.5 Å². The number of azide groups is 1. The number of nitrogens with one attached hydrogen (secondary N) is 1. The molecule has 0 radical (unpaired) electrons. The predicted molar refractivity (Wildman–Crippen MR) is 77.0 cm³/mol. The van der Waals surface area contributed by atoms with Crippen molar-refractivity contribution in [2.75, 3.05) is 26.3 Å². The Morgan fingerprint density at radius 1 is 1.38 bits per heavy atom. The third kappa shape index (κ3) is 4.28. The van der Waals surface area contributed by atoms with E-state index in [-0.39, 0.29) is 0 Å². The first kappa shape index (κ1) is 15.0. The van der Waals surface area contributed by atoms with E-state index in [0.717, 1.165) is 17.7 Å². The Balaban J connectivity index is 1.99. The molecule has 21 heavy (non-hydrogen) atoms. The maximum atomic E-state index is 9.28. The van der Waals surface area contributed by atoms with Gasteiger partial charge in [0.25, 0.3) is 0 Å². The fraction of sp³-hybridized carbons (Fsp3) is 0.500. The Morgan fingerprint density at radius 2 is 2.19 bits per heavy atom. The molecule has 0 spiro atoms. The Hall–Kier alpha value is -2.42. The Bertz CT molecular complexity index is 563. The molecule has 0 fully saturated rings. The second-order valence-corrected chi connectivity index (χ2v) is 4.58. The summed E-state index contributed by atoms with van der Waals surface area (Å²) < 4.78 is 11.2. The zero-order valence-electron chi connectivity index (χ0n) is 11.7. The van der Waals surface area contributed by atoms with Crippen molar-refractivity contribution in [1.29, 1.82) is 5.26 Å². The van der Waals surface area contributed by atoms with E-state index < -0.39 is 6.04 Å².